The maximum Gasteiger partial charge on any atom is 0.376 e. The van der Waals surface area contributed by atoms with Crippen LogP contribution in [-0.2, 0) is 9.53 Å². The third-order valence-corrected chi connectivity index (χ3v) is 4.30. The summed E-state index contributed by atoms with van der Waals surface area (Å²) < 4.78 is 29.9. The van der Waals surface area contributed by atoms with Crippen LogP contribution in [0.15, 0.2) is 0 Å². The number of alkyl halides is 2. The molecule has 0 aromatic carbocycles. The van der Waals surface area contributed by atoms with Crippen molar-refractivity contribution in [2.24, 2.45) is 23.7 Å². The lowest BCUT2D eigenvalue weighted by molar-refractivity contribution is -0.171. The molecule has 0 saturated heterocycles. The molecular weight excluding hydrogens is 214 g/mol. The molecule has 2 aliphatic carbocycles. The molecule has 92 valence electrons. The summed E-state index contributed by atoms with van der Waals surface area (Å²) in [5.74, 6) is -2.64. The first-order chi connectivity index (χ1) is 7.39. The second-order valence-electron chi connectivity index (χ2n) is 5.34. The van der Waals surface area contributed by atoms with Crippen LogP contribution in [0.1, 0.15) is 33.1 Å². The summed E-state index contributed by atoms with van der Waals surface area (Å²) >= 11 is 0. The van der Waals surface area contributed by atoms with Crippen LogP contribution in [0.4, 0.5) is 8.78 Å². The van der Waals surface area contributed by atoms with Crippen molar-refractivity contribution >= 4 is 5.97 Å². The van der Waals surface area contributed by atoms with Crippen LogP contribution < -0.4 is 0 Å². The monoisotopic (exact) mass is 232 g/mol. The maximum atomic E-state index is 12.6. The van der Waals surface area contributed by atoms with Crippen LogP contribution in [0.2, 0.25) is 0 Å². The average Bonchev–Trinajstić information content (AvgIpc) is 2.74. The lowest BCUT2D eigenvalue weighted by Gasteiger charge is -2.28. The first-order valence-corrected chi connectivity index (χ1v) is 5.94. The van der Waals surface area contributed by atoms with E-state index in [0.29, 0.717) is 24.7 Å². The van der Waals surface area contributed by atoms with Crippen molar-refractivity contribution in [3.63, 3.8) is 0 Å². The number of carbonyl (C=O) groups excluding carboxylic acids is 1. The second kappa shape index (κ2) is 3.97. The number of carbonyl (C=O) groups is 1. The average molecular weight is 232 g/mol. The number of hydrogen-bond donors (Lipinski definition) is 0. The summed E-state index contributed by atoms with van der Waals surface area (Å²) in [6.07, 6.45) is 3.60. The topological polar surface area (TPSA) is 26.3 Å². The quantitative estimate of drug-likeness (QED) is 0.699. The van der Waals surface area contributed by atoms with Gasteiger partial charge in [-0.25, -0.2) is 4.79 Å². The van der Waals surface area contributed by atoms with Gasteiger partial charge in [-0.1, -0.05) is 6.92 Å². The fourth-order valence-electron chi connectivity index (χ4n) is 3.28. The van der Waals surface area contributed by atoms with Gasteiger partial charge in [0.15, 0.2) is 0 Å². The Morgan fingerprint density at radius 1 is 1.38 bits per heavy atom. The molecule has 0 N–H and O–H groups in total. The Morgan fingerprint density at radius 2 is 2.00 bits per heavy atom. The van der Waals surface area contributed by atoms with E-state index in [9.17, 15) is 13.6 Å². The van der Waals surface area contributed by atoms with Crippen LogP contribution in [0, 0.1) is 23.7 Å². The standard InChI is InChI=1S/C12H18F2O2/c1-7-8-3-4-9(5-8)10(7)6-16-11(15)12(2,13)14/h7-10H,3-6H2,1-2H3. The third kappa shape index (κ3) is 2.06. The van der Waals surface area contributed by atoms with Gasteiger partial charge in [-0.05, 0) is 42.9 Å². The summed E-state index contributed by atoms with van der Waals surface area (Å²) in [5, 5.41) is 0. The van der Waals surface area contributed by atoms with Gasteiger partial charge in [0, 0.05) is 6.92 Å². The zero-order valence-electron chi connectivity index (χ0n) is 9.71. The minimum atomic E-state index is -3.36. The molecule has 0 aromatic rings. The highest BCUT2D eigenvalue weighted by molar-refractivity contribution is 5.76. The second-order valence-corrected chi connectivity index (χ2v) is 5.34. The predicted molar refractivity (Wildman–Crippen MR) is 55.1 cm³/mol. The number of esters is 1. The molecule has 0 aromatic heterocycles. The van der Waals surface area contributed by atoms with Crippen LogP contribution in [0.5, 0.6) is 0 Å². The van der Waals surface area contributed by atoms with Crippen molar-refractivity contribution in [1.82, 2.24) is 0 Å². The van der Waals surface area contributed by atoms with Crippen LogP contribution in [-0.4, -0.2) is 18.5 Å². The first-order valence-electron chi connectivity index (χ1n) is 5.94. The zero-order chi connectivity index (χ0) is 11.9. The molecule has 0 amide bonds. The normalized spacial score (nSPS) is 37.8. The molecule has 0 spiro atoms. The Morgan fingerprint density at radius 3 is 2.50 bits per heavy atom. The summed E-state index contributed by atoms with van der Waals surface area (Å²) in [6, 6.07) is 0. The Balaban J connectivity index is 1.85. The van der Waals surface area contributed by atoms with Crippen molar-refractivity contribution in [3.8, 4) is 0 Å². The minimum absolute atomic E-state index is 0.171. The summed E-state index contributed by atoms with van der Waals surface area (Å²) in [5.41, 5.74) is 0. The van der Waals surface area contributed by atoms with Gasteiger partial charge in [-0.3, -0.25) is 0 Å². The molecule has 2 nitrogen and oxygen atoms in total. The largest absolute Gasteiger partial charge is 0.461 e. The van der Waals surface area contributed by atoms with Crippen LogP contribution >= 0.6 is 0 Å². The number of ether oxygens (including phenoxy) is 1. The molecule has 2 fully saturated rings. The maximum absolute atomic E-state index is 12.6. The number of hydrogen-bond acceptors (Lipinski definition) is 2. The number of rotatable bonds is 3. The Kier molecular flexibility index (Phi) is 2.93. The molecule has 2 bridgehead atoms. The van der Waals surface area contributed by atoms with Gasteiger partial charge in [0.05, 0.1) is 6.61 Å². The molecule has 4 unspecified atom stereocenters. The van der Waals surface area contributed by atoms with E-state index in [4.69, 9.17) is 4.74 Å². The smallest absolute Gasteiger partial charge is 0.376 e. The summed E-state index contributed by atoms with van der Waals surface area (Å²) in [4.78, 5) is 11.0. The van der Waals surface area contributed by atoms with Crippen LogP contribution in [0.25, 0.3) is 0 Å². The van der Waals surface area contributed by atoms with E-state index < -0.39 is 11.9 Å². The van der Waals surface area contributed by atoms with Crippen molar-refractivity contribution in [2.75, 3.05) is 6.61 Å². The van der Waals surface area contributed by atoms with Gasteiger partial charge in [-0.2, -0.15) is 8.78 Å². The van der Waals surface area contributed by atoms with Gasteiger partial charge in [0.25, 0.3) is 0 Å². The number of halogens is 2. The van der Waals surface area contributed by atoms with E-state index in [1.807, 2.05) is 0 Å². The van der Waals surface area contributed by atoms with Gasteiger partial charge >= 0.3 is 11.9 Å². The fourth-order valence-corrected chi connectivity index (χ4v) is 3.28. The molecule has 2 rings (SSSR count). The van der Waals surface area contributed by atoms with E-state index in [1.165, 1.54) is 19.3 Å². The van der Waals surface area contributed by atoms with E-state index in [-0.39, 0.29) is 6.61 Å². The summed E-state index contributed by atoms with van der Waals surface area (Å²) in [6.45, 7) is 2.90. The lowest BCUT2D eigenvalue weighted by Crippen LogP contribution is -2.32. The Bertz CT molecular complexity index is 283. The first kappa shape index (κ1) is 11.8. The molecule has 2 aliphatic rings. The van der Waals surface area contributed by atoms with Crippen LogP contribution in [0.3, 0.4) is 0 Å². The van der Waals surface area contributed by atoms with E-state index in [1.54, 1.807) is 0 Å². The highest BCUT2D eigenvalue weighted by Crippen LogP contribution is 2.52. The molecule has 0 radical (unpaired) electrons. The fraction of sp³-hybridized carbons (Fsp3) is 0.917. The molecule has 16 heavy (non-hydrogen) atoms. The molecule has 0 heterocycles. The lowest BCUT2D eigenvalue weighted by atomic mass is 9.81. The zero-order valence-corrected chi connectivity index (χ0v) is 9.71. The van der Waals surface area contributed by atoms with E-state index in [2.05, 4.69) is 6.92 Å². The highest BCUT2D eigenvalue weighted by atomic mass is 19.3. The Labute approximate surface area is 94.3 Å². The van der Waals surface area contributed by atoms with Crippen molar-refractivity contribution in [1.29, 1.82) is 0 Å². The van der Waals surface area contributed by atoms with Crippen molar-refractivity contribution in [3.05, 3.63) is 0 Å². The molecule has 2 saturated carbocycles. The Hall–Kier alpha value is -0.670. The SMILES string of the molecule is CC1C2CCC(C2)C1COC(=O)C(C)(F)F. The molecule has 4 heteroatoms. The van der Waals surface area contributed by atoms with Crippen molar-refractivity contribution in [2.45, 2.75) is 39.0 Å². The van der Waals surface area contributed by atoms with E-state index in [0.717, 1.165) is 5.92 Å². The van der Waals surface area contributed by atoms with E-state index >= 15 is 0 Å². The van der Waals surface area contributed by atoms with Gasteiger partial charge in [-0.15, -0.1) is 0 Å². The third-order valence-electron chi connectivity index (χ3n) is 4.30. The van der Waals surface area contributed by atoms with Gasteiger partial charge in [0.1, 0.15) is 0 Å². The van der Waals surface area contributed by atoms with Gasteiger partial charge < -0.3 is 4.74 Å². The summed E-state index contributed by atoms with van der Waals surface area (Å²) in [7, 11) is 0. The van der Waals surface area contributed by atoms with Gasteiger partial charge in [0.2, 0.25) is 0 Å². The van der Waals surface area contributed by atoms with Crippen molar-refractivity contribution < 1.29 is 18.3 Å². The number of fused-ring (bicyclic) bond motifs is 2. The highest BCUT2D eigenvalue weighted by Gasteiger charge is 2.46. The molecule has 0 aliphatic heterocycles. The molecule has 4 atom stereocenters. The minimum Gasteiger partial charge on any atom is -0.461 e. The molecular formula is C12H18F2O2. The predicted octanol–water partition coefficient (Wildman–Crippen LogP) is 2.87.